The molecule has 1 rings (SSSR count). The molecule has 6 N–H and O–H groups in total. The van der Waals surface area contributed by atoms with Crippen LogP contribution in [0.4, 0.5) is 0 Å². The normalized spacial score (nSPS) is 20.7. The number of hydrogen-bond acceptors (Lipinski definition) is 8. The van der Waals surface area contributed by atoms with Crippen molar-refractivity contribution in [2.45, 2.75) is 275 Å². The molecule has 9 nitrogen and oxygen atoms in total. The number of hydrogen-bond donors (Lipinski definition) is 6. The quantitative estimate of drug-likeness (QED) is 0.0262. The Hall–Kier alpha value is -1.59. The van der Waals surface area contributed by atoms with Gasteiger partial charge in [0.05, 0.1) is 25.4 Å². The molecule has 1 saturated heterocycles. The maximum absolute atomic E-state index is 12.9. The predicted molar refractivity (Wildman–Crippen MR) is 253 cm³/mol. The van der Waals surface area contributed by atoms with Gasteiger partial charge >= 0.3 is 0 Å². The molecule has 7 atom stereocenters. The van der Waals surface area contributed by atoms with Crippen LogP contribution in [0.1, 0.15) is 232 Å². The third-order valence-electron chi connectivity index (χ3n) is 12.2. The third kappa shape index (κ3) is 32.7. The van der Waals surface area contributed by atoms with Gasteiger partial charge < -0.3 is 40.3 Å². The fraction of sp³-hybridized carbons (Fsp3) is 0.865. The van der Waals surface area contributed by atoms with Crippen LogP contribution in [-0.4, -0.2) is 87.5 Å². The molecule has 1 amide bonds. The summed E-state index contributed by atoms with van der Waals surface area (Å²) < 4.78 is 11.1. The maximum atomic E-state index is 12.9. The molecule has 0 aromatic rings. The van der Waals surface area contributed by atoms with Crippen molar-refractivity contribution in [3.63, 3.8) is 0 Å². The molecule has 358 valence electrons. The number of ether oxygens (including phenoxy) is 2. The molecule has 0 bridgehead atoms. The summed E-state index contributed by atoms with van der Waals surface area (Å²) in [6, 6.07) is -0.816. The van der Waals surface area contributed by atoms with Crippen molar-refractivity contribution in [3.05, 3.63) is 36.5 Å². The Balaban J connectivity index is 2.06. The van der Waals surface area contributed by atoms with Crippen molar-refractivity contribution in [3.8, 4) is 0 Å². The van der Waals surface area contributed by atoms with Crippen LogP contribution in [0.25, 0.3) is 0 Å². The van der Waals surface area contributed by atoms with Crippen LogP contribution in [0.5, 0.6) is 0 Å². The van der Waals surface area contributed by atoms with Crippen LogP contribution in [0, 0.1) is 0 Å². The highest BCUT2D eigenvalue weighted by molar-refractivity contribution is 5.76. The van der Waals surface area contributed by atoms with Gasteiger partial charge in [-0.1, -0.05) is 211 Å². The number of nitrogens with one attached hydrogen (secondary N) is 1. The topological polar surface area (TPSA) is 149 Å². The Morgan fingerprint density at radius 1 is 0.541 bits per heavy atom. The summed E-state index contributed by atoms with van der Waals surface area (Å²) in [7, 11) is 0. The third-order valence-corrected chi connectivity index (χ3v) is 12.2. The number of allylic oxidation sites excluding steroid dienone is 5. The van der Waals surface area contributed by atoms with E-state index < -0.39 is 49.5 Å². The smallest absolute Gasteiger partial charge is 0.220 e. The van der Waals surface area contributed by atoms with E-state index in [4.69, 9.17) is 9.47 Å². The minimum atomic E-state index is -1.57. The Morgan fingerprint density at radius 3 is 1.44 bits per heavy atom. The lowest BCUT2D eigenvalue weighted by Crippen LogP contribution is -2.60. The second-order valence-corrected chi connectivity index (χ2v) is 18.0. The zero-order valence-electron chi connectivity index (χ0n) is 39.4. The van der Waals surface area contributed by atoms with Crippen molar-refractivity contribution in [2.24, 2.45) is 0 Å². The number of carbonyl (C=O) groups excluding carboxylic acids is 1. The van der Waals surface area contributed by atoms with E-state index in [1.54, 1.807) is 6.08 Å². The molecule has 9 heteroatoms. The van der Waals surface area contributed by atoms with E-state index in [0.29, 0.717) is 6.42 Å². The van der Waals surface area contributed by atoms with Crippen LogP contribution in [0.3, 0.4) is 0 Å². The van der Waals surface area contributed by atoms with Crippen molar-refractivity contribution < 1.29 is 39.8 Å². The lowest BCUT2D eigenvalue weighted by atomic mass is 9.99. The molecule has 0 spiro atoms. The van der Waals surface area contributed by atoms with Gasteiger partial charge in [0.15, 0.2) is 6.29 Å². The van der Waals surface area contributed by atoms with E-state index in [-0.39, 0.29) is 12.5 Å². The number of unbranched alkanes of at least 4 members (excludes halogenated alkanes) is 29. The van der Waals surface area contributed by atoms with Crippen LogP contribution >= 0.6 is 0 Å². The summed E-state index contributed by atoms with van der Waals surface area (Å²) in [6.45, 7) is 3.65. The first-order chi connectivity index (χ1) is 29.8. The van der Waals surface area contributed by atoms with Crippen LogP contribution < -0.4 is 5.32 Å². The first kappa shape index (κ1) is 57.4. The predicted octanol–water partition coefficient (Wildman–Crippen LogP) is 11.6. The first-order valence-corrected chi connectivity index (χ1v) is 25.7. The molecule has 0 radical (unpaired) electrons. The van der Waals surface area contributed by atoms with Gasteiger partial charge in [0.1, 0.15) is 24.4 Å². The fourth-order valence-electron chi connectivity index (χ4n) is 8.06. The van der Waals surface area contributed by atoms with E-state index in [0.717, 1.165) is 44.9 Å². The lowest BCUT2D eigenvalue weighted by Gasteiger charge is -2.40. The molecule has 1 aliphatic heterocycles. The van der Waals surface area contributed by atoms with Gasteiger partial charge in [0.25, 0.3) is 0 Å². The van der Waals surface area contributed by atoms with E-state index in [9.17, 15) is 30.3 Å². The molecule has 61 heavy (non-hydrogen) atoms. The maximum Gasteiger partial charge on any atom is 0.220 e. The summed E-state index contributed by atoms with van der Waals surface area (Å²) in [6.07, 6.45) is 46.9. The van der Waals surface area contributed by atoms with Gasteiger partial charge in [-0.3, -0.25) is 4.79 Å². The van der Waals surface area contributed by atoms with Gasteiger partial charge in [-0.2, -0.15) is 0 Å². The molecular formula is C52H97NO8. The summed E-state index contributed by atoms with van der Waals surface area (Å²) in [5.41, 5.74) is 0. The fourth-order valence-corrected chi connectivity index (χ4v) is 8.06. The molecular weight excluding hydrogens is 767 g/mol. The Kier molecular flexibility index (Phi) is 39.9. The Labute approximate surface area is 374 Å². The highest BCUT2D eigenvalue weighted by Gasteiger charge is 2.44. The Bertz CT molecular complexity index is 1050. The number of carbonyl (C=O) groups is 1. The number of amides is 1. The van der Waals surface area contributed by atoms with Crippen LogP contribution in [0.2, 0.25) is 0 Å². The second kappa shape index (κ2) is 42.4. The molecule has 7 unspecified atom stereocenters. The average Bonchev–Trinajstić information content (AvgIpc) is 3.26. The standard InChI is InChI=1S/C52H97NO8/c1-3-5-7-9-11-12-13-14-15-16-17-18-19-20-21-22-23-24-25-26-27-28-29-30-31-32-33-34-36-38-40-42-48(56)53-45(46(55)41-39-37-35-10-8-6-4-2)44-60-52-51(59)50(58)49(57)47(43-54)61-52/h8,10,16-17,39,41,45-47,49-52,54-55,57-59H,3-7,9,11-15,18-38,40,42-44H2,1-2H3,(H,53,56)/b10-8+,17-16-,41-39+. The van der Waals surface area contributed by atoms with Crippen LogP contribution in [0.15, 0.2) is 36.5 Å². The van der Waals surface area contributed by atoms with Crippen molar-refractivity contribution in [2.75, 3.05) is 13.2 Å². The van der Waals surface area contributed by atoms with Crippen molar-refractivity contribution in [1.29, 1.82) is 0 Å². The average molecular weight is 864 g/mol. The molecule has 0 saturated carbocycles. The van der Waals surface area contributed by atoms with E-state index in [2.05, 4.69) is 43.5 Å². The van der Waals surface area contributed by atoms with Gasteiger partial charge in [-0.05, 0) is 51.4 Å². The lowest BCUT2D eigenvalue weighted by molar-refractivity contribution is -0.302. The molecule has 1 aliphatic rings. The second-order valence-electron chi connectivity index (χ2n) is 18.0. The molecule has 0 aromatic heterocycles. The van der Waals surface area contributed by atoms with E-state index in [1.807, 2.05) is 6.08 Å². The summed E-state index contributed by atoms with van der Waals surface area (Å²) >= 11 is 0. The summed E-state index contributed by atoms with van der Waals surface area (Å²) in [4.78, 5) is 12.9. The summed E-state index contributed by atoms with van der Waals surface area (Å²) in [5, 5.41) is 53.9. The molecule has 1 fully saturated rings. The van der Waals surface area contributed by atoms with Crippen LogP contribution in [-0.2, 0) is 14.3 Å². The molecule has 1 heterocycles. The number of aliphatic hydroxyl groups excluding tert-OH is 5. The minimum absolute atomic E-state index is 0.189. The van der Waals surface area contributed by atoms with Gasteiger partial charge in [0, 0.05) is 6.42 Å². The zero-order chi connectivity index (χ0) is 44.4. The highest BCUT2D eigenvalue weighted by atomic mass is 16.7. The van der Waals surface area contributed by atoms with Crippen molar-refractivity contribution in [1.82, 2.24) is 5.32 Å². The van der Waals surface area contributed by atoms with Gasteiger partial charge in [0.2, 0.25) is 5.91 Å². The first-order valence-electron chi connectivity index (χ1n) is 25.7. The number of rotatable bonds is 43. The minimum Gasteiger partial charge on any atom is -0.394 e. The van der Waals surface area contributed by atoms with Gasteiger partial charge in [-0.15, -0.1) is 0 Å². The molecule has 0 aliphatic carbocycles. The van der Waals surface area contributed by atoms with Gasteiger partial charge in [-0.25, -0.2) is 0 Å². The van der Waals surface area contributed by atoms with E-state index >= 15 is 0 Å². The van der Waals surface area contributed by atoms with Crippen molar-refractivity contribution >= 4 is 5.91 Å². The molecule has 0 aromatic carbocycles. The Morgan fingerprint density at radius 2 is 0.967 bits per heavy atom. The monoisotopic (exact) mass is 864 g/mol. The highest BCUT2D eigenvalue weighted by Crippen LogP contribution is 2.23. The summed E-state index contributed by atoms with van der Waals surface area (Å²) in [5.74, 6) is -0.189. The zero-order valence-corrected chi connectivity index (χ0v) is 39.4. The van der Waals surface area contributed by atoms with E-state index in [1.165, 1.54) is 167 Å². The largest absolute Gasteiger partial charge is 0.394 e. The number of aliphatic hydroxyl groups is 5. The SMILES string of the molecule is CCC/C=C/CC/C=C/C(O)C(COC1OC(CO)C(O)C(O)C1O)NC(=O)CCCCCCCCCCCCCCCCCCCCC/C=C\CCCCCCCCCC.